The molecule has 1 aliphatic heterocycles. The lowest BCUT2D eigenvalue weighted by molar-refractivity contribution is -0.0649. The zero-order chi connectivity index (χ0) is 12.5. The highest BCUT2D eigenvalue weighted by atomic mass is 16.4. The first-order valence-corrected chi connectivity index (χ1v) is 5.84. The van der Waals surface area contributed by atoms with Crippen molar-refractivity contribution in [2.75, 3.05) is 13.1 Å². The van der Waals surface area contributed by atoms with Gasteiger partial charge in [0.25, 0.3) is 0 Å². The van der Waals surface area contributed by atoms with Crippen LogP contribution in [0, 0.1) is 5.92 Å². The maximum absolute atomic E-state index is 10.8. The van der Waals surface area contributed by atoms with Crippen LogP contribution in [0.2, 0.25) is 0 Å². The fraction of sp³-hybridized carbons (Fsp3) is 0.583. The molecule has 3 N–H and O–H groups in total. The molecule has 5 nitrogen and oxygen atoms in total. The molecule has 0 bridgehead atoms. The molecule has 94 valence electrons. The van der Waals surface area contributed by atoms with Gasteiger partial charge in [0.15, 0.2) is 0 Å². The van der Waals surface area contributed by atoms with Gasteiger partial charge in [0, 0.05) is 12.5 Å². The fourth-order valence-electron chi connectivity index (χ4n) is 2.42. The largest absolute Gasteiger partial charge is 0.475 e. The van der Waals surface area contributed by atoms with Gasteiger partial charge in [-0.2, -0.15) is 0 Å². The van der Waals surface area contributed by atoms with Crippen LogP contribution in [0.4, 0.5) is 0 Å². The zero-order valence-electron chi connectivity index (χ0n) is 9.77. The van der Waals surface area contributed by atoms with Crippen molar-refractivity contribution >= 4 is 5.97 Å². The van der Waals surface area contributed by atoms with Gasteiger partial charge in [0.2, 0.25) is 5.76 Å². The van der Waals surface area contributed by atoms with E-state index in [4.69, 9.17) is 9.52 Å². The van der Waals surface area contributed by atoms with Crippen molar-refractivity contribution in [1.29, 1.82) is 0 Å². The van der Waals surface area contributed by atoms with Gasteiger partial charge in [0.05, 0.1) is 0 Å². The molecule has 5 heteroatoms. The number of carboxylic acids is 1. The van der Waals surface area contributed by atoms with Crippen molar-refractivity contribution in [3.05, 3.63) is 23.7 Å². The molecule has 0 aliphatic carbocycles. The molecule has 0 aromatic carbocycles. The van der Waals surface area contributed by atoms with Crippen molar-refractivity contribution in [3.8, 4) is 0 Å². The lowest BCUT2D eigenvalue weighted by Crippen LogP contribution is -2.47. The molecular formula is C12H17NO4. The molecule has 2 rings (SSSR count). The summed E-state index contributed by atoms with van der Waals surface area (Å²) in [6.07, 6.45) is 1.35. The summed E-state index contributed by atoms with van der Waals surface area (Å²) in [6.45, 7) is 3.43. The summed E-state index contributed by atoms with van der Waals surface area (Å²) in [5, 5.41) is 22.7. The monoisotopic (exact) mass is 239 g/mol. The number of hydrogen-bond donors (Lipinski definition) is 3. The summed E-state index contributed by atoms with van der Waals surface area (Å²) in [4.78, 5) is 10.8. The van der Waals surface area contributed by atoms with Gasteiger partial charge in [-0.25, -0.2) is 4.79 Å². The molecule has 1 aromatic heterocycles. The predicted molar refractivity (Wildman–Crippen MR) is 60.8 cm³/mol. The van der Waals surface area contributed by atoms with Gasteiger partial charge in [-0.05, 0) is 31.5 Å². The first-order valence-electron chi connectivity index (χ1n) is 5.84. The average molecular weight is 239 g/mol. The molecule has 0 amide bonds. The molecule has 1 aliphatic rings. The minimum Gasteiger partial charge on any atom is -0.475 e. The van der Waals surface area contributed by atoms with Crippen molar-refractivity contribution in [2.45, 2.75) is 25.4 Å². The standard InChI is InChI=1S/C12H17NO4/c1-2-8-7-13-6-5-12(8,16)10-4-3-9(17-10)11(14)15/h3-4,8,13,16H,2,5-7H2,1H3,(H,14,15). The lowest BCUT2D eigenvalue weighted by Gasteiger charge is -2.38. The maximum Gasteiger partial charge on any atom is 0.371 e. The van der Waals surface area contributed by atoms with E-state index >= 15 is 0 Å². The van der Waals surface area contributed by atoms with E-state index in [0.717, 1.165) is 13.0 Å². The normalized spacial score (nSPS) is 29.2. The number of hydrogen-bond acceptors (Lipinski definition) is 4. The maximum atomic E-state index is 10.8. The highest BCUT2D eigenvalue weighted by Gasteiger charge is 2.42. The number of piperidine rings is 1. The Morgan fingerprint density at radius 2 is 2.41 bits per heavy atom. The Labute approximate surface area is 99.4 Å². The summed E-state index contributed by atoms with van der Waals surface area (Å²) < 4.78 is 5.24. The number of aliphatic hydroxyl groups is 1. The van der Waals surface area contributed by atoms with Gasteiger partial charge < -0.3 is 19.9 Å². The Morgan fingerprint density at radius 3 is 3.00 bits per heavy atom. The third-order valence-corrected chi connectivity index (χ3v) is 3.49. The average Bonchev–Trinajstić information content (AvgIpc) is 2.79. The minimum atomic E-state index is -1.11. The van der Waals surface area contributed by atoms with Gasteiger partial charge >= 0.3 is 5.97 Å². The van der Waals surface area contributed by atoms with E-state index < -0.39 is 11.6 Å². The van der Waals surface area contributed by atoms with Crippen LogP contribution in [0.5, 0.6) is 0 Å². The van der Waals surface area contributed by atoms with Crippen LogP contribution in [-0.4, -0.2) is 29.3 Å². The Kier molecular flexibility index (Phi) is 3.22. The van der Waals surface area contributed by atoms with Crippen molar-refractivity contribution < 1.29 is 19.4 Å². The van der Waals surface area contributed by atoms with Gasteiger partial charge in [0.1, 0.15) is 11.4 Å². The Hall–Kier alpha value is -1.33. The zero-order valence-corrected chi connectivity index (χ0v) is 9.77. The highest BCUT2D eigenvalue weighted by Crippen LogP contribution is 2.37. The van der Waals surface area contributed by atoms with Crippen LogP contribution in [0.15, 0.2) is 16.5 Å². The van der Waals surface area contributed by atoms with Crippen LogP contribution < -0.4 is 5.32 Å². The van der Waals surface area contributed by atoms with E-state index in [0.29, 0.717) is 18.7 Å². The minimum absolute atomic E-state index is 0.0454. The van der Waals surface area contributed by atoms with Crippen molar-refractivity contribution in [3.63, 3.8) is 0 Å². The number of carbonyl (C=O) groups is 1. The first kappa shape index (κ1) is 12.1. The summed E-state index contributed by atoms with van der Waals surface area (Å²) in [6, 6.07) is 2.96. The second-order valence-corrected chi connectivity index (χ2v) is 4.45. The second kappa shape index (κ2) is 4.50. The van der Waals surface area contributed by atoms with Gasteiger partial charge in [-0.1, -0.05) is 6.92 Å². The molecule has 2 heterocycles. The molecule has 0 saturated carbocycles. The molecule has 0 radical (unpaired) electrons. The SMILES string of the molecule is CCC1CNCCC1(O)c1ccc(C(=O)O)o1. The summed E-state index contributed by atoms with van der Waals surface area (Å²) in [5.41, 5.74) is -1.05. The molecule has 1 saturated heterocycles. The Bertz CT molecular complexity index is 414. The van der Waals surface area contributed by atoms with Crippen molar-refractivity contribution in [1.82, 2.24) is 5.32 Å². The summed E-state index contributed by atoms with van der Waals surface area (Å²) in [7, 11) is 0. The Morgan fingerprint density at radius 1 is 1.65 bits per heavy atom. The number of nitrogens with one attached hydrogen (secondary N) is 1. The molecule has 1 aromatic rings. The fourth-order valence-corrected chi connectivity index (χ4v) is 2.42. The molecule has 1 fully saturated rings. The summed E-state index contributed by atoms with van der Waals surface area (Å²) >= 11 is 0. The number of rotatable bonds is 3. The van der Waals surface area contributed by atoms with E-state index in [9.17, 15) is 9.90 Å². The van der Waals surface area contributed by atoms with E-state index in [1.807, 2.05) is 6.92 Å². The predicted octanol–water partition coefficient (Wildman–Crippen LogP) is 1.18. The smallest absolute Gasteiger partial charge is 0.371 e. The van der Waals surface area contributed by atoms with Crippen LogP contribution >= 0.6 is 0 Å². The molecule has 17 heavy (non-hydrogen) atoms. The third-order valence-electron chi connectivity index (χ3n) is 3.49. The van der Waals surface area contributed by atoms with E-state index in [1.54, 1.807) is 6.07 Å². The molecular weight excluding hydrogens is 222 g/mol. The van der Waals surface area contributed by atoms with Crippen LogP contribution in [0.1, 0.15) is 36.1 Å². The van der Waals surface area contributed by atoms with Gasteiger partial charge in [-0.15, -0.1) is 0 Å². The molecule has 0 spiro atoms. The summed E-state index contributed by atoms with van der Waals surface area (Å²) in [5.74, 6) is -0.823. The van der Waals surface area contributed by atoms with Crippen LogP contribution in [0.25, 0.3) is 0 Å². The second-order valence-electron chi connectivity index (χ2n) is 4.45. The highest BCUT2D eigenvalue weighted by molar-refractivity contribution is 5.84. The lowest BCUT2D eigenvalue weighted by atomic mass is 9.78. The van der Waals surface area contributed by atoms with Crippen LogP contribution in [0.3, 0.4) is 0 Å². The molecule has 2 unspecified atom stereocenters. The first-order chi connectivity index (χ1) is 8.08. The van der Waals surface area contributed by atoms with E-state index in [2.05, 4.69) is 5.32 Å². The van der Waals surface area contributed by atoms with Gasteiger partial charge in [-0.3, -0.25) is 0 Å². The number of furan rings is 1. The number of carboxylic acid groups (broad SMARTS) is 1. The number of aromatic carboxylic acids is 1. The quantitative estimate of drug-likeness (QED) is 0.738. The third kappa shape index (κ3) is 2.08. The van der Waals surface area contributed by atoms with Crippen LogP contribution in [-0.2, 0) is 5.60 Å². The van der Waals surface area contributed by atoms with Crippen molar-refractivity contribution in [2.24, 2.45) is 5.92 Å². The topological polar surface area (TPSA) is 82.7 Å². The van der Waals surface area contributed by atoms with E-state index in [-0.39, 0.29) is 11.7 Å². The molecule has 2 atom stereocenters. The Balaban J connectivity index is 2.31. The van der Waals surface area contributed by atoms with E-state index in [1.165, 1.54) is 6.07 Å².